The predicted molar refractivity (Wildman–Crippen MR) is 67.5 cm³/mol. The molecule has 92 valence electrons. The van der Waals surface area contributed by atoms with E-state index in [1.54, 1.807) is 0 Å². The fourth-order valence-electron chi connectivity index (χ4n) is 1.43. The van der Waals surface area contributed by atoms with E-state index >= 15 is 0 Å². The molecular formula is C12H11N3O3. The van der Waals surface area contributed by atoms with Crippen LogP contribution in [0.4, 0.5) is 11.4 Å². The Hall–Kier alpha value is -2.76. The number of H-pyrrole nitrogens is 1. The van der Waals surface area contributed by atoms with Gasteiger partial charge in [0.15, 0.2) is 0 Å². The van der Waals surface area contributed by atoms with Crippen LogP contribution in [0.1, 0.15) is 10.5 Å². The summed E-state index contributed by atoms with van der Waals surface area (Å²) in [6.07, 6.45) is 0. The molecule has 0 aliphatic rings. The van der Waals surface area contributed by atoms with Gasteiger partial charge in [-0.2, -0.15) is 0 Å². The molecule has 2 aromatic rings. The lowest BCUT2D eigenvalue weighted by atomic mass is 10.2. The third kappa shape index (κ3) is 2.49. The van der Waals surface area contributed by atoms with Gasteiger partial charge in [0.2, 0.25) is 5.56 Å². The molecule has 1 aromatic heterocycles. The number of carbonyl (C=O) groups excluding carboxylic acids is 1. The zero-order chi connectivity index (χ0) is 13.1. The molecule has 2 rings (SSSR count). The molecule has 0 aliphatic carbocycles. The number of amides is 1. The van der Waals surface area contributed by atoms with E-state index in [1.807, 2.05) is 0 Å². The molecule has 6 heteroatoms. The molecule has 0 saturated carbocycles. The topological polar surface area (TPSA) is 108 Å². The van der Waals surface area contributed by atoms with Crippen LogP contribution in [0.5, 0.6) is 5.75 Å². The van der Waals surface area contributed by atoms with Crippen molar-refractivity contribution in [1.29, 1.82) is 0 Å². The molecule has 6 nitrogen and oxygen atoms in total. The second-order valence-electron chi connectivity index (χ2n) is 3.65. The van der Waals surface area contributed by atoms with E-state index in [-0.39, 0.29) is 22.7 Å². The largest absolute Gasteiger partial charge is 0.508 e. The van der Waals surface area contributed by atoms with E-state index in [2.05, 4.69) is 10.3 Å². The molecule has 0 atom stereocenters. The number of hydrogen-bond donors (Lipinski definition) is 4. The normalized spacial score (nSPS) is 10.0. The number of pyridine rings is 1. The first-order valence-electron chi connectivity index (χ1n) is 5.15. The Balaban J connectivity index is 2.24. The van der Waals surface area contributed by atoms with E-state index < -0.39 is 5.91 Å². The van der Waals surface area contributed by atoms with Gasteiger partial charge in [0, 0.05) is 12.1 Å². The molecule has 1 heterocycles. The standard InChI is InChI=1S/C12H11N3O3/c13-8-6-7(16)4-5-9(8)15-12(18)10-2-1-3-11(17)14-10/h1-6,16H,13H2,(H,14,17)(H,15,18). The lowest BCUT2D eigenvalue weighted by molar-refractivity contribution is 0.102. The van der Waals surface area contributed by atoms with E-state index in [4.69, 9.17) is 5.73 Å². The molecule has 1 aromatic carbocycles. The van der Waals surface area contributed by atoms with Crippen molar-refractivity contribution < 1.29 is 9.90 Å². The van der Waals surface area contributed by atoms with Crippen LogP contribution in [0.2, 0.25) is 0 Å². The van der Waals surface area contributed by atoms with Crippen LogP contribution in [0.25, 0.3) is 0 Å². The fourth-order valence-corrected chi connectivity index (χ4v) is 1.43. The number of anilines is 2. The number of nitrogen functional groups attached to an aromatic ring is 1. The van der Waals surface area contributed by atoms with E-state index in [1.165, 1.54) is 36.4 Å². The highest BCUT2D eigenvalue weighted by Gasteiger charge is 2.08. The van der Waals surface area contributed by atoms with Crippen LogP contribution < -0.4 is 16.6 Å². The monoisotopic (exact) mass is 245 g/mol. The SMILES string of the molecule is Nc1cc(O)ccc1NC(=O)c1cccc(=O)[nH]1. The second-order valence-corrected chi connectivity index (χ2v) is 3.65. The van der Waals surface area contributed by atoms with Gasteiger partial charge in [-0.15, -0.1) is 0 Å². The first-order chi connectivity index (χ1) is 8.56. The Labute approximate surface area is 102 Å². The molecule has 1 amide bonds. The average molecular weight is 245 g/mol. The van der Waals surface area contributed by atoms with Crippen molar-refractivity contribution in [3.8, 4) is 5.75 Å². The number of phenols is 1. The van der Waals surface area contributed by atoms with Crippen LogP contribution in [0.15, 0.2) is 41.2 Å². The minimum atomic E-state index is -0.481. The molecule has 18 heavy (non-hydrogen) atoms. The minimum absolute atomic E-state index is 0.0126. The third-order valence-electron chi connectivity index (χ3n) is 2.30. The lowest BCUT2D eigenvalue weighted by Gasteiger charge is -2.08. The van der Waals surface area contributed by atoms with Crippen molar-refractivity contribution in [2.24, 2.45) is 0 Å². The van der Waals surface area contributed by atoms with Gasteiger partial charge >= 0.3 is 0 Å². The van der Waals surface area contributed by atoms with Crippen molar-refractivity contribution in [2.75, 3.05) is 11.1 Å². The van der Waals surface area contributed by atoms with Crippen molar-refractivity contribution in [2.45, 2.75) is 0 Å². The summed E-state index contributed by atoms with van der Waals surface area (Å²) in [6.45, 7) is 0. The Morgan fingerprint density at radius 1 is 1.28 bits per heavy atom. The molecule has 0 unspecified atom stereocenters. The maximum atomic E-state index is 11.8. The van der Waals surface area contributed by atoms with Gasteiger partial charge in [0.25, 0.3) is 5.91 Å². The number of aromatic nitrogens is 1. The van der Waals surface area contributed by atoms with E-state index in [0.29, 0.717) is 5.69 Å². The highest BCUT2D eigenvalue weighted by Crippen LogP contribution is 2.23. The van der Waals surface area contributed by atoms with Crippen molar-refractivity contribution in [3.63, 3.8) is 0 Å². The third-order valence-corrected chi connectivity index (χ3v) is 2.30. The summed E-state index contributed by atoms with van der Waals surface area (Å²) < 4.78 is 0. The van der Waals surface area contributed by atoms with Crippen LogP contribution in [0, 0.1) is 0 Å². The van der Waals surface area contributed by atoms with Crippen LogP contribution >= 0.6 is 0 Å². The molecule has 0 saturated heterocycles. The Bertz CT molecular complexity index is 649. The lowest BCUT2D eigenvalue weighted by Crippen LogP contribution is -2.18. The molecular weight excluding hydrogens is 234 g/mol. The maximum absolute atomic E-state index is 11.8. The highest BCUT2D eigenvalue weighted by atomic mass is 16.3. The predicted octanol–water partition coefficient (Wildman–Crippen LogP) is 0.915. The zero-order valence-electron chi connectivity index (χ0n) is 9.31. The van der Waals surface area contributed by atoms with E-state index in [0.717, 1.165) is 0 Å². The Kier molecular flexibility index (Phi) is 3.01. The van der Waals surface area contributed by atoms with Gasteiger partial charge in [-0.25, -0.2) is 0 Å². The Morgan fingerprint density at radius 2 is 2.06 bits per heavy atom. The summed E-state index contributed by atoms with van der Waals surface area (Å²) in [4.78, 5) is 25.3. The van der Waals surface area contributed by atoms with Gasteiger partial charge in [-0.3, -0.25) is 9.59 Å². The van der Waals surface area contributed by atoms with Gasteiger partial charge in [0.05, 0.1) is 11.4 Å². The number of nitrogens with one attached hydrogen (secondary N) is 2. The number of hydrogen-bond acceptors (Lipinski definition) is 4. The molecule has 0 bridgehead atoms. The van der Waals surface area contributed by atoms with Gasteiger partial charge < -0.3 is 21.1 Å². The first-order valence-corrected chi connectivity index (χ1v) is 5.15. The molecule has 0 spiro atoms. The van der Waals surface area contributed by atoms with Gasteiger partial charge in [0.1, 0.15) is 11.4 Å². The summed E-state index contributed by atoms with van der Waals surface area (Å²) in [5, 5.41) is 11.7. The number of rotatable bonds is 2. The number of phenolic OH excluding ortho intramolecular Hbond substituents is 1. The number of nitrogens with two attached hydrogens (primary N) is 1. The number of carbonyl (C=O) groups is 1. The van der Waals surface area contributed by atoms with Crippen LogP contribution in [0.3, 0.4) is 0 Å². The quantitative estimate of drug-likeness (QED) is 0.466. The summed E-state index contributed by atoms with van der Waals surface area (Å²) in [6, 6.07) is 8.47. The summed E-state index contributed by atoms with van der Waals surface area (Å²) >= 11 is 0. The molecule has 0 fully saturated rings. The maximum Gasteiger partial charge on any atom is 0.272 e. The van der Waals surface area contributed by atoms with Crippen molar-refractivity contribution in [3.05, 3.63) is 52.4 Å². The zero-order valence-corrected chi connectivity index (χ0v) is 9.31. The molecule has 0 radical (unpaired) electrons. The van der Waals surface area contributed by atoms with Gasteiger partial charge in [-0.1, -0.05) is 6.07 Å². The first kappa shape index (κ1) is 11.7. The number of benzene rings is 1. The minimum Gasteiger partial charge on any atom is -0.508 e. The summed E-state index contributed by atoms with van der Waals surface area (Å²) in [5.41, 5.74) is 6.01. The van der Waals surface area contributed by atoms with Crippen LogP contribution in [-0.2, 0) is 0 Å². The molecule has 0 aliphatic heterocycles. The summed E-state index contributed by atoms with van der Waals surface area (Å²) in [7, 11) is 0. The van der Waals surface area contributed by atoms with Gasteiger partial charge in [-0.05, 0) is 18.2 Å². The summed E-state index contributed by atoms with van der Waals surface area (Å²) in [5.74, 6) is -0.469. The smallest absolute Gasteiger partial charge is 0.272 e. The highest BCUT2D eigenvalue weighted by molar-refractivity contribution is 6.04. The molecule has 5 N–H and O–H groups in total. The van der Waals surface area contributed by atoms with Crippen molar-refractivity contribution >= 4 is 17.3 Å². The van der Waals surface area contributed by atoms with Crippen LogP contribution in [-0.4, -0.2) is 16.0 Å². The fraction of sp³-hybridized carbons (Fsp3) is 0. The van der Waals surface area contributed by atoms with Crippen molar-refractivity contribution in [1.82, 2.24) is 4.98 Å². The average Bonchev–Trinajstić information content (AvgIpc) is 2.32. The second kappa shape index (κ2) is 4.62. The number of aromatic amines is 1. The number of aromatic hydroxyl groups is 1. The Morgan fingerprint density at radius 3 is 2.72 bits per heavy atom. The van der Waals surface area contributed by atoms with E-state index in [9.17, 15) is 14.7 Å².